The van der Waals surface area contributed by atoms with Gasteiger partial charge in [0, 0.05) is 11.4 Å². The van der Waals surface area contributed by atoms with Crippen molar-refractivity contribution in [3.63, 3.8) is 0 Å². The number of hydrogen-bond acceptors (Lipinski definition) is 6. The second-order valence-corrected chi connectivity index (χ2v) is 8.95. The Hall–Kier alpha value is -3.72. The molecule has 2 N–H and O–H groups in total. The van der Waals surface area contributed by atoms with Gasteiger partial charge in [0.1, 0.15) is 17.2 Å². The Bertz CT molecular complexity index is 1180. The Morgan fingerprint density at radius 1 is 0.824 bits per heavy atom. The van der Waals surface area contributed by atoms with Crippen LogP contribution in [-0.4, -0.2) is 34.1 Å². The van der Waals surface area contributed by atoms with Gasteiger partial charge < -0.3 is 19.5 Å². The van der Waals surface area contributed by atoms with Gasteiger partial charge in [0.2, 0.25) is 0 Å². The highest BCUT2D eigenvalue weighted by Crippen LogP contribution is 2.22. The molecule has 0 saturated carbocycles. The number of rotatable bonds is 11. The second kappa shape index (κ2) is 11.4. The van der Waals surface area contributed by atoms with Crippen LogP contribution in [0.2, 0.25) is 0 Å². The van der Waals surface area contributed by atoms with E-state index in [2.05, 4.69) is 10.0 Å². The summed E-state index contributed by atoms with van der Waals surface area (Å²) in [5.41, 5.74) is 0.879. The van der Waals surface area contributed by atoms with E-state index in [4.69, 9.17) is 14.2 Å². The van der Waals surface area contributed by atoms with Gasteiger partial charge >= 0.3 is 0 Å². The average molecular weight is 485 g/mol. The van der Waals surface area contributed by atoms with Gasteiger partial charge in [0.25, 0.3) is 15.9 Å². The van der Waals surface area contributed by atoms with Crippen molar-refractivity contribution in [2.24, 2.45) is 0 Å². The summed E-state index contributed by atoms with van der Waals surface area (Å²) in [5.74, 6) is 1.56. The standard InChI is InChI=1S/C25H28N2O6S/c1-4-24(33-22-14-12-20(31-3)13-15-22)25(28)26-18-8-16-23(17-9-18)34(29,30)27-19-6-10-21(11-7-19)32-5-2/h6-17,24,27H,4-5H2,1-3H3,(H,26,28)/t24-/m0/s1. The van der Waals surface area contributed by atoms with Crippen LogP contribution in [0.5, 0.6) is 17.2 Å². The number of nitrogens with one attached hydrogen (secondary N) is 2. The summed E-state index contributed by atoms with van der Waals surface area (Å²) in [7, 11) is -2.22. The Morgan fingerprint density at radius 3 is 1.94 bits per heavy atom. The predicted molar refractivity (Wildman–Crippen MR) is 131 cm³/mol. The van der Waals surface area contributed by atoms with Gasteiger partial charge in [-0.3, -0.25) is 9.52 Å². The molecule has 0 aliphatic carbocycles. The first kappa shape index (κ1) is 24.9. The molecule has 0 unspecified atom stereocenters. The highest BCUT2D eigenvalue weighted by molar-refractivity contribution is 7.92. The van der Waals surface area contributed by atoms with Crippen molar-refractivity contribution in [3.05, 3.63) is 72.8 Å². The van der Waals surface area contributed by atoms with Crippen LogP contribution in [-0.2, 0) is 14.8 Å². The molecule has 3 rings (SSSR count). The molecule has 0 bridgehead atoms. The summed E-state index contributed by atoms with van der Waals surface area (Å²) in [6, 6.07) is 19.5. The Morgan fingerprint density at radius 2 is 1.38 bits per heavy atom. The monoisotopic (exact) mass is 484 g/mol. The molecule has 0 radical (unpaired) electrons. The van der Waals surface area contributed by atoms with Crippen LogP contribution in [0.3, 0.4) is 0 Å². The fraction of sp³-hybridized carbons (Fsp3) is 0.240. The predicted octanol–water partition coefficient (Wildman–Crippen LogP) is 4.69. The summed E-state index contributed by atoms with van der Waals surface area (Å²) < 4.78 is 44.2. The number of sulfonamides is 1. The lowest BCUT2D eigenvalue weighted by Gasteiger charge is -2.17. The quantitative estimate of drug-likeness (QED) is 0.409. The second-order valence-electron chi connectivity index (χ2n) is 7.27. The van der Waals surface area contributed by atoms with Crippen molar-refractivity contribution in [3.8, 4) is 17.2 Å². The molecular formula is C25H28N2O6S. The zero-order valence-corrected chi connectivity index (χ0v) is 20.1. The number of ether oxygens (including phenoxy) is 3. The van der Waals surface area contributed by atoms with Gasteiger partial charge in [-0.25, -0.2) is 8.42 Å². The van der Waals surface area contributed by atoms with Crippen LogP contribution < -0.4 is 24.2 Å². The van der Waals surface area contributed by atoms with Gasteiger partial charge in [-0.1, -0.05) is 6.92 Å². The largest absolute Gasteiger partial charge is 0.497 e. The maximum atomic E-state index is 12.7. The highest BCUT2D eigenvalue weighted by Gasteiger charge is 2.19. The van der Waals surface area contributed by atoms with Gasteiger partial charge in [-0.15, -0.1) is 0 Å². The number of hydrogen-bond donors (Lipinski definition) is 2. The first-order valence-electron chi connectivity index (χ1n) is 10.8. The lowest BCUT2D eigenvalue weighted by Crippen LogP contribution is -2.32. The molecule has 0 heterocycles. The fourth-order valence-corrected chi connectivity index (χ4v) is 4.14. The number of carbonyl (C=O) groups excluding carboxylic acids is 1. The Balaban J connectivity index is 1.62. The third-order valence-electron chi connectivity index (χ3n) is 4.85. The number of methoxy groups -OCH3 is 1. The zero-order chi connectivity index (χ0) is 24.6. The van der Waals surface area contributed by atoms with E-state index in [9.17, 15) is 13.2 Å². The molecule has 9 heteroatoms. The summed E-state index contributed by atoms with van der Waals surface area (Å²) in [6.45, 7) is 4.25. The lowest BCUT2D eigenvalue weighted by atomic mass is 10.2. The number of benzene rings is 3. The van der Waals surface area contributed by atoms with Gasteiger partial charge in [0.05, 0.1) is 18.6 Å². The third-order valence-corrected chi connectivity index (χ3v) is 6.25. The summed E-state index contributed by atoms with van der Waals surface area (Å²) in [6.07, 6.45) is -0.255. The normalized spacial score (nSPS) is 11.9. The van der Waals surface area contributed by atoms with Crippen LogP contribution in [0, 0.1) is 0 Å². The van der Waals surface area contributed by atoms with Crippen molar-refractivity contribution >= 4 is 27.3 Å². The van der Waals surface area contributed by atoms with Crippen molar-refractivity contribution < 1.29 is 27.4 Å². The maximum absolute atomic E-state index is 12.7. The van der Waals surface area contributed by atoms with E-state index < -0.39 is 16.1 Å². The Kier molecular flexibility index (Phi) is 8.37. The highest BCUT2D eigenvalue weighted by atomic mass is 32.2. The summed E-state index contributed by atoms with van der Waals surface area (Å²) in [4.78, 5) is 12.7. The lowest BCUT2D eigenvalue weighted by molar-refractivity contribution is -0.122. The number of carbonyl (C=O) groups is 1. The molecule has 0 aliphatic heterocycles. The van der Waals surface area contributed by atoms with E-state index in [-0.39, 0.29) is 10.8 Å². The molecule has 180 valence electrons. The average Bonchev–Trinajstić information content (AvgIpc) is 2.84. The van der Waals surface area contributed by atoms with E-state index in [1.165, 1.54) is 24.3 Å². The van der Waals surface area contributed by atoms with Gasteiger partial charge in [-0.05, 0) is 86.1 Å². The number of anilines is 2. The van der Waals surface area contributed by atoms with Crippen LogP contribution in [0.4, 0.5) is 11.4 Å². The smallest absolute Gasteiger partial charge is 0.265 e. The Labute approximate surface area is 199 Å². The molecule has 34 heavy (non-hydrogen) atoms. The van der Waals surface area contributed by atoms with Crippen molar-refractivity contribution in [1.82, 2.24) is 0 Å². The summed E-state index contributed by atoms with van der Waals surface area (Å²) in [5, 5.41) is 2.76. The minimum absolute atomic E-state index is 0.0703. The van der Waals surface area contributed by atoms with E-state index >= 15 is 0 Å². The maximum Gasteiger partial charge on any atom is 0.265 e. The molecule has 0 spiro atoms. The molecule has 1 amide bonds. The van der Waals surface area contributed by atoms with Crippen LogP contribution in [0.25, 0.3) is 0 Å². The van der Waals surface area contributed by atoms with Crippen LogP contribution >= 0.6 is 0 Å². The van der Waals surface area contributed by atoms with E-state index in [1.807, 2.05) is 13.8 Å². The molecule has 0 saturated heterocycles. The molecule has 1 atom stereocenters. The van der Waals surface area contributed by atoms with Crippen LogP contribution in [0.15, 0.2) is 77.7 Å². The molecule has 0 aromatic heterocycles. The first-order valence-corrected chi connectivity index (χ1v) is 12.3. The molecule has 0 fully saturated rings. The van der Waals surface area contributed by atoms with E-state index in [0.29, 0.717) is 41.7 Å². The van der Waals surface area contributed by atoms with Crippen molar-refractivity contribution in [1.29, 1.82) is 0 Å². The van der Waals surface area contributed by atoms with E-state index in [1.54, 1.807) is 55.6 Å². The molecule has 3 aromatic carbocycles. The van der Waals surface area contributed by atoms with Crippen molar-refractivity contribution in [2.45, 2.75) is 31.3 Å². The molecular weight excluding hydrogens is 456 g/mol. The summed E-state index contributed by atoms with van der Waals surface area (Å²) >= 11 is 0. The zero-order valence-electron chi connectivity index (χ0n) is 19.3. The van der Waals surface area contributed by atoms with Gasteiger partial charge in [-0.2, -0.15) is 0 Å². The minimum Gasteiger partial charge on any atom is -0.497 e. The van der Waals surface area contributed by atoms with Crippen molar-refractivity contribution in [2.75, 3.05) is 23.8 Å². The fourth-order valence-electron chi connectivity index (χ4n) is 3.08. The molecule has 8 nitrogen and oxygen atoms in total. The van der Waals surface area contributed by atoms with Gasteiger partial charge in [0.15, 0.2) is 6.10 Å². The molecule has 3 aromatic rings. The van der Waals surface area contributed by atoms with E-state index in [0.717, 1.165) is 0 Å². The first-order chi connectivity index (χ1) is 16.3. The SMILES string of the molecule is CCOc1ccc(NS(=O)(=O)c2ccc(NC(=O)[C@H](CC)Oc3ccc(OC)cc3)cc2)cc1. The minimum atomic E-state index is -3.79. The van der Waals surface area contributed by atoms with Crippen LogP contribution in [0.1, 0.15) is 20.3 Å². The molecule has 0 aliphatic rings. The number of amides is 1. The third kappa shape index (κ3) is 6.64. The topological polar surface area (TPSA) is 103 Å².